The van der Waals surface area contributed by atoms with E-state index in [1.54, 1.807) is 0 Å². The Morgan fingerprint density at radius 2 is 2.19 bits per heavy atom. The molecule has 1 aromatic heterocycles. The molecule has 2 aliphatic rings. The van der Waals surface area contributed by atoms with Crippen molar-refractivity contribution >= 4 is 5.91 Å². The summed E-state index contributed by atoms with van der Waals surface area (Å²) in [5, 5.41) is 12.8. The van der Waals surface area contributed by atoms with Gasteiger partial charge in [0.05, 0.1) is 12.6 Å². The number of amides is 1. The number of imidazole rings is 1. The van der Waals surface area contributed by atoms with Gasteiger partial charge in [0, 0.05) is 51.8 Å². The molecule has 3 heterocycles. The van der Waals surface area contributed by atoms with Crippen molar-refractivity contribution in [1.82, 2.24) is 19.8 Å². The largest absolute Gasteiger partial charge is 0.381 e. The van der Waals surface area contributed by atoms with Gasteiger partial charge in [-0.1, -0.05) is 13.8 Å². The molecule has 2 atom stereocenters. The lowest BCUT2D eigenvalue weighted by Crippen LogP contribution is -2.50. The molecule has 1 amide bonds. The van der Waals surface area contributed by atoms with Crippen molar-refractivity contribution < 1.29 is 9.53 Å². The molecule has 142 valence electrons. The predicted molar refractivity (Wildman–Crippen MR) is 96.8 cm³/mol. The highest BCUT2D eigenvalue weighted by Gasteiger charge is 2.44. The topological polar surface area (TPSA) is 83.2 Å². The summed E-state index contributed by atoms with van der Waals surface area (Å²) >= 11 is 0. The van der Waals surface area contributed by atoms with E-state index >= 15 is 0 Å². The average molecular weight is 359 g/mol. The van der Waals surface area contributed by atoms with Crippen molar-refractivity contribution in [3.05, 3.63) is 18.2 Å². The van der Waals surface area contributed by atoms with Crippen LogP contribution in [0.4, 0.5) is 0 Å². The summed E-state index contributed by atoms with van der Waals surface area (Å²) in [6.45, 7) is 7.84. The number of aryl methyl sites for hydroxylation is 1. The molecule has 0 unspecified atom stereocenters. The van der Waals surface area contributed by atoms with E-state index in [1.165, 1.54) is 0 Å². The fraction of sp³-hybridized carbons (Fsp3) is 0.737. The normalized spacial score (nSPS) is 26.0. The molecule has 0 aromatic carbocycles. The first kappa shape index (κ1) is 18.9. The van der Waals surface area contributed by atoms with Gasteiger partial charge in [0.25, 0.3) is 0 Å². The van der Waals surface area contributed by atoms with Crippen LogP contribution in [0.3, 0.4) is 0 Å². The summed E-state index contributed by atoms with van der Waals surface area (Å²) in [6, 6.07) is 2.34. The highest BCUT2D eigenvalue weighted by Crippen LogP contribution is 2.32. The number of carbonyl (C=O) groups is 1. The number of likely N-dealkylation sites (tertiary alicyclic amines) is 1. The van der Waals surface area contributed by atoms with Gasteiger partial charge in [0.15, 0.2) is 0 Å². The fourth-order valence-corrected chi connectivity index (χ4v) is 4.04. The van der Waals surface area contributed by atoms with Gasteiger partial charge in [-0.3, -0.25) is 9.69 Å². The molecule has 1 N–H and O–H groups in total. The molecule has 7 nitrogen and oxygen atoms in total. The molecule has 3 rings (SSSR count). The van der Waals surface area contributed by atoms with E-state index < -0.39 is 5.41 Å². The molecule has 0 aliphatic carbocycles. The van der Waals surface area contributed by atoms with Crippen LogP contribution in [0.2, 0.25) is 0 Å². The molecule has 2 fully saturated rings. The minimum atomic E-state index is -0.938. The number of hydrogen-bond donors (Lipinski definition) is 1. The molecular weight excluding hydrogens is 330 g/mol. The van der Waals surface area contributed by atoms with Crippen molar-refractivity contribution in [2.24, 2.45) is 24.3 Å². The summed E-state index contributed by atoms with van der Waals surface area (Å²) < 4.78 is 7.38. The number of rotatable bonds is 5. The Balaban J connectivity index is 1.68. The van der Waals surface area contributed by atoms with Crippen molar-refractivity contribution in [2.75, 3.05) is 26.3 Å². The zero-order valence-electron chi connectivity index (χ0n) is 15.9. The smallest absolute Gasteiger partial charge is 0.240 e. The van der Waals surface area contributed by atoms with Gasteiger partial charge in [-0.25, -0.2) is 4.98 Å². The number of nitrogens with zero attached hydrogens (tertiary/aromatic N) is 4. The summed E-state index contributed by atoms with van der Waals surface area (Å²) in [5.41, 5.74) is -0.938. The fourth-order valence-electron chi connectivity index (χ4n) is 4.04. The first-order valence-electron chi connectivity index (χ1n) is 9.44. The first-order valence-corrected chi connectivity index (χ1v) is 9.44. The Hall–Kier alpha value is -1.91. The lowest BCUT2D eigenvalue weighted by atomic mass is 9.80. The molecule has 0 saturated carbocycles. The monoisotopic (exact) mass is 359 g/mol. The molecule has 26 heavy (non-hydrogen) atoms. The van der Waals surface area contributed by atoms with E-state index in [0.29, 0.717) is 37.9 Å². The lowest BCUT2D eigenvalue weighted by molar-refractivity contribution is -0.133. The third kappa shape index (κ3) is 3.76. The molecule has 0 spiro atoms. The van der Waals surface area contributed by atoms with Crippen LogP contribution in [-0.4, -0.2) is 52.7 Å². The Kier molecular flexibility index (Phi) is 5.64. The van der Waals surface area contributed by atoms with Gasteiger partial charge in [-0.15, -0.1) is 0 Å². The van der Waals surface area contributed by atoms with Crippen molar-refractivity contribution in [3.63, 3.8) is 0 Å². The summed E-state index contributed by atoms with van der Waals surface area (Å²) in [5.74, 6) is 1.73. The van der Waals surface area contributed by atoms with Crippen LogP contribution in [0, 0.1) is 28.6 Å². The highest BCUT2D eigenvalue weighted by atomic mass is 16.5. The van der Waals surface area contributed by atoms with E-state index in [2.05, 4.69) is 35.1 Å². The maximum Gasteiger partial charge on any atom is 0.240 e. The number of ether oxygens (including phenoxy) is 1. The minimum absolute atomic E-state index is 0.0656. The average Bonchev–Trinajstić information content (AvgIpc) is 3.22. The van der Waals surface area contributed by atoms with Gasteiger partial charge < -0.3 is 14.6 Å². The SMILES string of the molecule is CC(C)[C@H]1CN(Cc2nccn2C)C[C@@H]1NC(=O)C1(C#N)CCOCC1. The van der Waals surface area contributed by atoms with Crippen LogP contribution < -0.4 is 5.32 Å². The van der Waals surface area contributed by atoms with Crippen LogP contribution in [-0.2, 0) is 23.1 Å². The molecule has 2 aliphatic heterocycles. The van der Waals surface area contributed by atoms with Crippen molar-refractivity contribution in [2.45, 2.75) is 39.3 Å². The minimum Gasteiger partial charge on any atom is -0.381 e. The van der Waals surface area contributed by atoms with Gasteiger partial charge >= 0.3 is 0 Å². The number of aromatic nitrogens is 2. The summed E-state index contributed by atoms with van der Waals surface area (Å²) in [4.78, 5) is 19.7. The van der Waals surface area contributed by atoms with Crippen molar-refractivity contribution in [3.8, 4) is 6.07 Å². The van der Waals surface area contributed by atoms with Crippen LogP contribution in [0.25, 0.3) is 0 Å². The van der Waals surface area contributed by atoms with E-state index in [-0.39, 0.29) is 11.9 Å². The summed E-state index contributed by atoms with van der Waals surface area (Å²) in [6.07, 6.45) is 4.72. The zero-order valence-corrected chi connectivity index (χ0v) is 15.9. The zero-order chi connectivity index (χ0) is 18.7. The molecule has 0 radical (unpaired) electrons. The number of carbonyl (C=O) groups excluding carboxylic acids is 1. The van der Waals surface area contributed by atoms with Crippen LogP contribution in [0.5, 0.6) is 0 Å². The first-order chi connectivity index (χ1) is 12.4. The van der Waals surface area contributed by atoms with E-state index in [1.807, 2.05) is 24.0 Å². The Labute approximate surface area is 155 Å². The van der Waals surface area contributed by atoms with Gasteiger partial charge in [-0.2, -0.15) is 5.26 Å². The molecule has 1 aromatic rings. The molecule has 2 saturated heterocycles. The molecule has 7 heteroatoms. The highest BCUT2D eigenvalue weighted by molar-refractivity contribution is 5.85. The Bertz CT molecular complexity index is 672. The second kappa shape index (κ2) is 7.77. The van der Waals surface area contributed by atoms with Crippen LogP contribution in [0.15, 0.2) is 12.4 Å². The Morgan fingerprint density at radius 3 is 2.77 bits per heavy atom. The molecule has 0 bridgehead atoms. The maximum absolute atomic E-state index is 12.9. The lowest BCUT2D eigenvalue weighted by Gasteiger charge is -2.32. The second-order valence-corrected chi connectivity index (χ2v) is 7.94. The maximum atomic E-state index is 12.9. The van der Waals surface area contributed by atoms with Gasteiger partial charge in [0.1, 0.15) is 11.2 Å². The second-order valence-electron chi connectivity index (χ2n) is 7.94. The number of nitriles is 1. The number of hydrogen-bond acceptors (Lipinski definition) is 5. The number of nitrogens with one attached hydrogen (secondary N) is 1. The third-order valence-electron chi connectivity index (χ3n) is 5.89. The van der Waals surface area contributed by atoms with Gasteiger partial charge in [-0.05, 0) is 24.7 Å². The quantitative estimate of drug-likeness (QED) is 0.857. The van der Waals surface area contributed by atoms with Crippen LogP contribution in [0.1, 0.15) is 32.5 Å². The predicted octanol–water partition coefficient (Wildman–Crippen LogP) is 1.31. The van der Waals surface area contributed by atoms with Crippen molar-refractivity contribution in [1.29, 1.82) is 5.26 Å². The van der Waals surface area contributed by atoms with E-state index in [9.17, 15) is 10.1 Å². The van der Waals surface area contributed by atoms with Gasteiger partial charge in [0.2, 0.25) is 5.91 Å². The van der Waals surface area contributed by atoms with E-state index in [0.717, 1.165) is 25.5 Å². The Morgan fingerprint density at radius 1 is 1.46 bits per heavy atom. The molecular formula is C19H29N5O2. The third-order valence-corrected chi connectivity index (χ3v) is 5.89. The standard InChI is InChI=1S/C19H29N5O2/c1-14(2)15-10-24(12-17-21-6-7-23(17)3)11-16(15)22-18(25)19(13-20)4-8-26-9-5-19/h6-7,14-16H,4-5,8-12H2,1-3H3,(H,22,25)/t15-,16+/m1/s1. The van der Waals surface area contributed by atoms with E-state index in [4.69, 9.17) is 4.74 Å². The van der Waals surface area contributed by atoms with Crippen LogP contribution >= 0.6 is 0 Å². The summed E-state index contributed by atoms with van der Waals surface area (Å²) in [7, 11) is 2.00.